The van der Waals surface area contributed by atoms with Crippen LogP contribution in [0.3, 0.4) is 0 Å². The van der Waals surface area contributed by atoms with Crippen LogP contribution in [0.25, 0.3) is 0 Å². The van der Waals surface area contributed by atoms with E-state index < -0.39 is 10.3 Å². The predicted molar refractivity (Wildman–Crippen MR) is 63.7 cm³/mol. The van der Waals surface area contributed by atoms with Gasteiger partial charge in [0.1, 0.15) is 0 Å². The van der Waals surface area contributed by atoms with Crippen molar-refractivity contribution in [2.75, 3.05) is 0 Å². The molecule has 0 spiro atoms. The molecule has 0 heterocycles. The zero-order valence-corrected chi connectivity index (χ0v) is 9.91. The molecule has 0 radical (unpaired) electrons. The Bertz CT molecular complexity index is 504. The van der Waals surface area contributed by atoms with Gasteiger partial charge in [-0.1, -0.05) is 18.0 Å². The van der Waals surface area contributed by atoms with Crippen molar-refractivity contribution in [3.05, 3.63) is 38.9 Å². The molecule has 0 amide bonds. The molecule has 1 saturated carbocycles. The van der Waals surface area contributed by atoms with E-state index in [2.05, 4.69) is 6.07 Å². The van der Waals surface area contributed by atoms with Crippen LogP contribution in [0.2, 0.25) is 5.02 Å². The van der Waals surface area contributed by atoms with Crippen LogP contribution in [0.5, 0.6) is 0 Å². The highest BCUT2D eigenvalue weighted by molar-refractivity contribution is 6.30. The van der Waals surface area contributed by atoms with Crippen molar-refractivity contribution in [2.45, 2.75) is 25.7 Å². The average Bonchev–Trinajstić information content (AvgIpc) is 2.23. The molecular weight excluding hydrogens is 240 g/mol. The Morgan fingerprint density at radius 2 is 2.24 bits per heavy atom. The highest BCUT2D eigenvalue weighted by Gasteiger charge is 2.38. The molecule has 0 N–H and O–H groups in total. The number of benzene rings is 1. The van der Waals surface area contributed by atoms with E-state index in [9.17, 15) is 10.1 Å². The van der Waals surface area contributed by atoms with Gasteiger partial charge in [0.25, 0.3) is 5.69 Å². The van der Waals surface area contributed by atoms with Crippen molar-refractivity contribution >= 4 is 17.3 Å². The van der Waals surface area contributed by atoms with Gasteiger partial charge in [-0.05, 0) is 31.4 Å². The van der Waals surface area contributed by atoms with Crippen molar-refractivity contribution in [1.29, 1.82) is 5.26 Å². The highest BCUT2D eigenvalue weighted by atomic mass is 35.5. The molecule has 0 aliphatic heterocycles. The second-order valence-electron chi connectivity index (χ2n) is 4.45. The molecule has 88 valence electrons. The maximum absolute atomic E-state index is 10.9. The van der Waals surface area contributed by atoms with Crippen LogP contribution in [0.15, 0.2) is 18.2 Å². The number of nitro groups is 1. The minimum Gasteiger partial charge on any atom is -0.258 e. The quantitative estimate of drug-likeness (QED) is 0.609. The van der Waals surface area contributed by atoms with Gasteiger partial charge in [-0.15, -0.1) is 0 Å². The lowest BCUT2D eigenvalue weighted by Gasteiger charge is -2.35. The average molecular weight is 251 g/mol. The van der Waals surface area contributed by atoms with Gasteiger partial charge in [0.2, 0.25) is 0 Å². The molecule has 0 atom stereocenters. The summed E-state index contributed by atoms with van der Waals surface area (Å²) < 4.78 is 0. The molecule has 4 nitrogen and oxygen atoms in total. The molecule has 1 aromatic carbocycles. The van der Waals surface area contributed by atoms with Gasteiger partial charge in [-0.2, -0.15) is 5.26 Å². The Morgan fingerprint density at radius 3 is 2.71 bits per heavy atom. The SMILES string of the molecule is N#CC1(Cc2cc(Cl)ccc2[N+](=O)[O-])CCC1. The lowest BCUT2D eigenvalue weighted by atomic mass is 9.66. The molecule has 0 saturated heterocycles. The third kappa shape index (κ3) is 2.25. The highest BCUT2D eigenvalue weighted by Crippen LogP contribution is 2.44. The first-order chi connectivity index (χ1) is 8.06. The zero-order chi connectivity index (χ0) is 12.5. The smallest absolute Gasteiger partial charge is 0.258 e. The molecular formula is C12H11ClN2O2. The summed E-state index contributed by atoms with van der Waals surface area (Å²) in [6.07, 6.45) is 3.06. The minimum absolute atomic E-state index is 0.0518. The molecule has 0 aromatic heterocycles. The van der Waals surface area contributed by atoms with Crippen molar-refractivity contribution in [3.63, 3.8) is 0 Å². The molecule has 5 heteroatoms. The minimum atomic E-state index is -0.421. The topological polar surface area (TPSA) is 66.9 Å². The van der Waals surface area contributed by atoms with E-state index in [-0.39, 0.29) is 5.69 Å². The standard InChI is InChI=1S/C12H11ClN2O2/c13-10-2-3-11(15(16)17)9(6-10)7-12(8-14)4-1-5-12/h2-3,6H,1,4-5,7H2. The Hall–Kier alpha value is -1.60. The molecule has 0 unspecified atom stereocenters. The Balaban J connectivity index is 2.34. The summed E-state index contributed by atoms with van der Waals surface area (Å²) >= 11 is 5.85. The lowest BCUT2D eigenvalue weighted by Crippen LogP contribution is -2.30. The van der Waals surface area contributed by atoms with Crippen LogP contribution in [-0.2, 0) is 6.42 Å². The number of hydrogen-bond donors (Lipinski definition) is 0. The summed E-state index contributed by atoms with van der Waals surface area (Å²) in [6, 6.07) is 6.78. The predicted octanol–water partition coefficient (Wildman–Crippen LogP) is 3.48. The number of nitrogens with zero attached hydrogens (tertiary/aromatic N) is 2. The first-order valence-corrected chi connectivity index (χ1v) is 5.78. The summed E-state index contributed by atoms with van der Waals surface area (Å²) in [5.41, 5.74) is 0.190. The van der Waals surface area contributed by atoms with Crippen LogP contribution in [-0.4, -0.2) is 4.92 Å². The maximum atomic E-state index is 10.9. The number of nitriles is 1. The van der Waals surface area contributed by atoms with Crippen LogP contribution >= 0.6 is 11.6 Å². The van der Waals surface area contributed by atoms with Crippen LogP contribution < -0.4 is 0 Å². The third-order valence-electron chi connectivity index (χ3n) is 3.31. The monoisotopic (exact) mass is 250 g/mol. The lowest BCUT2D eigenvalue weighted by molar-refractivity contribution is -0.385. The fourth-order valence-corrected chi connectivity index (χ4v) is 2.36. The van der Waals surface area contributed by atoms with Crippen molar-refractivity contribution < 1.29 is 4.92 Å². The molecule has 17 heavy (non-hydrogen) atoms. The van der Waals surface area contributed by atoms with E-state index in [1.54, 1.807) is 6.07 Å². The molecule has 0 bridgehead atoms. The van der Waals surface area contributed by atoms with Crippen molar-refractivity contribution in [3.8, 4) is 6.07 Å². The third-order valence-corrected chi connectivity index (χ3v) is 3.55. The second kappa shape index (κ2) is 4.34. The zero-order valence-electron chi connectivity index (χ0n) is 9.15. The molecule has 2 rings (SSSR count). The van der Waals surface area contributed by atoms with Gasteiger partial charge in [-0.3, -0.25) is 10.1 Å². The fraction of sp³-hybridized carbons (Fsp3) is 0.417. The maximum Gasteiger partial charge on any atom is 0.272 e. The van der Waals surface area contributed by atoms with E-state index in [1.165, 1.54) is 12.1 Å². The number of nitro benzene ring substituents is 1. The van der Waals surface area contributed by atoms with Gasteiger partial charge in [0.15, 0.2) is 0 Å². The van der Waals surface area contributed by atoms with Crippen molar-refractivity contribution in [1.82, 2.24) is 0 Å². The van der Waals surface area contributed by atoms with E-state index in [0.717, 1.165) is 19.3 Å². The van der Waals surface area contributed by atoms with Crippen LogP contribution in [0, 0.1) is 26.9 Å². The molecule has 1 aliphatic rings. The molecule has 1 aromatic rings. The largest absolute Gasteiger partial charge is 0.272 e. The van der Waals surface area contributed by atoms with E-state index in [0.29, 0.717) is 17.0 Å². The first kappa shape index (κ1) is 11.9. The van der Waals surface area contributed by atoms with Crippen LogP contribution in [0.1, 0.15) is 24.8 Å². The Morgan fingerprint density at radius 1 is 1.53 bits per heavy atom. The van der Waals surface area contributed by atoms with E-state index in [4.69, 9.17) is 16.9 Å². The molecule has 1 aliphatic carbocycles. The van der Waals surface area contributed by atoms with E-state index >= 15 is 0 Å². The summed E-state index contributed by atoms with van der Waals surface area (Å²) in [6.45, 7) is 0. The summed E-state index contributed by atoms with van der Waals surface area (Å²) in [4.78, 5) is 10.5. The molecule has 1 fully saturated rings. The van der Waals surface area contributed by atoms with Gasteiger partial charge < -0.3 is 0 Å². The Kier molecular flexibility index (Phi) is 3.03. The van der Waals surface area contributed by atoms with Gasteiger partial charge in [-0.25, -0.2) is 0 Å². The fourth-order valence-electron chi connectivity index (χ4n) is 2.17. The Labute approximate surface area is 104 Å². The van der Waals surface area contributed by atoms with Gasteiger partial charge in [0.05, 0.1) is 16.4 Å². The normalized spacial score (nSPS) is 16.9. The first-order valence-electron chi connectivity index (χ1n) is 5.40. The van der Waals surface area contributed by atoms with E-state index in [1.807, 2.05) is 0 Å². The van der Waals surface area contributed by atoms with Gasteiger partial charge in [0, 0.05) is 16.7 Å². The summed E-state index contributed by atoms with van der Waals surface area (Å²) in [7, 11) is 0. The summed E-state index contributed by atoms with van der Waals surface area (Å²) in [5, 5.41) is 20.5. The van der Waals surface area contributed by atoms with Gasteiger partial charge >= 0.3 is 0 Å². The second-order valence-corrected chi connectivity index (χ2v) is 4.89. The van der Waals surface area contributed by atoms with Crippen LogP contribution in [0.4, 0.5) is 5.69 Å². The number of halogens is 1. The van der Waals surface area contributed by atoms with Crippen molar-refractivity contribution in [2.24, 2.45) is 5.41 Å². The number of rotatable bonds is 3. The summed E-state index contributed by atoms with van der Waals surface area (Å²) in [5.74, 6) is 0. The number of hydrogen-bond acceptors (Lipinski definition) is 3.